The average molecular weight is 298 g/mol. The lowest BCUT2D eigenvalue weighted by molar-refractivity contribution is 0.464. The zero-order valence-corrected chi connectivity index (χ0v) is 12.7. The topological polar surface area (TPSA) is 63.4 Å². The Morgan fingerprint density at radius 3 is 2.63 bits per heavy atom. The molecule has 6 heteroatoms. The third-order valence-corrected chi connectivity index (χ3v) is 5.57. The van der Waals surface area contributed by atoms with Gasteiger partial charge in [-0.1, -0.05) is 25.2 Å². The van der Waals surface area contributed by atoms with Crippen LogP contribution in [0.3, 0.4) is 0 Å². The number of sulfonamides is 1. The number of thiocarbonyl (C=S) groups is 1. The van der Waals surface area contributed by atoms with Crippen LogP contribution in [-0.4, -0.2) is 30.8 Å². The molecule has 1 saturated heterocycles. The molecule has 0 saturated carbocycles. The maximum atomic E-state index is 12.5. The van der Waals surface area contributed by atoms with Crippen molar-refractivity contribution >= 4 is 27.2 Å². The summed E-state index contributed by atoms with van der Waals surface area (Å²) in [6.45, 7) is 5.08. The van der Waals surface area contributed by atoms with Crippen molar-refractivity contribution in [3.63, 3.8) is 0 Å². The summed E-state index contributed by atoms with van der Waals surface area (Å²) in [5.74, 6) is 0.423. The number of hydrogen-bond acceptors (Lipinski definition) is 3. The molecule has 0 amide bonds. The first kappa shape index (κ1) is 14.4. The summed E-state index contributed by atoms with van der Waals surface area (Å²) in [7, 11) is -3.39. The van der Waals surface area contributed by atoms with E-state index in [1.165, 1.54) is 0 Å². The van der Waals surface area contributed by atoms with Crippen molar-refractivity contribution in [1.29, 1.82) is 0 Å². The highest BCUT2D eigenvalue weighted by Crippen LogP contribution is 2.25. The molecule has 0 aliphatic carbocycles. The van der Waals surface area contributed by atoms with Crippen LogP contribution in [-0.2, 0) is 10.0 Å². The van der Waals surface area contributed by atoms with Gasteiger partial charge < -0.3 is 5.73 Å². The number of hydrogen-bond donors (Lipinski definition) is 1. The van der Waals surface area contributed by atoms with Crippen molar-refractivity contribution in [3.8, 4) is 0 Å². The molecule has 4 nitrogen and oxygen atoms in total. The van der Waals surface area contributed by atoms with Crippen LogP contribution in [0.1, 0.15) is 24.5 Å². The lowest BCUT2D eigenvalue weighted by atomic mass is 10.1. The van der Waals surface area contributed by atoms with E-state index >= 15 is 0 Å². The van der Waals surface area contributed by atoms with Crippen LogP contribution in [0.2, 0.25) is 0 Å². The third-order valence-electron chi connectivity index (χ3n) is 3.49. The first-order chi connectivity index (χ1) is 8.82. The predicted octanol–water partition coefficient (Wildman–Crippen LogP) is 1.66. The predicted molar refractivity (Wildman–Crippen MR) is 79.6 cm³/mol. The molecule has 1 heterocycles. The fraction of sp³-hybridized carbons (Fsp3) is 0.462. The Bertz CT molecular complexity index is 611. The Morgan fingerprint density at radius 1 is 1.47 bits per heavy atom. The van der Waals surface area contributed by atoms with Gasteiger partial charge in [0.15, 0.2) is 0 Å². The summed E-state index contributed by atoms with van der Waals surface area (Å²) < 4.78 is 26.5. The third kappa shape index (κ3) is 2.80. The van der Waals surface area contributed by atoms with Crippen LogP contribution in [0.15, 0.2) is 23.1 Å². The summed E-state index contributed by atoms with van der Waals surface area (Å²) in [6.07, 6.45) is 0.920. The van der Waals surface area contributed by atoms with E-state index in [2.05, 4.69) is 6.92 Å². The van der Waals surface area contributed by atoms with Gasteiger partial charge >= 0.3 is 0 Å². The summed E-state index contributed by atoms with van der Waals surface area (Å²) in [5, 5.41) is 0. The Balaban J connectivity index is 2.36. The van der Waals surface area contributed by atoms with Crippen molar-refractivity contribution in [2.45, 2.75) is 25.2 Å². The van der Waals surface area contributed by atoms with Crippen LogP contribution in [0.4, 0.5) is 0 Å². The number of nitrogens with zero attached hydrogens (tertiary/aromatic N) is 1. The van der Waals surface area contributed by atoms with Gasteiger partial charge in [0, 0.05) is 18.7 Å². The van der Waals surface area contributed by atoms with E-state index in [-0.39, 0.29) is 4.99 Å². The van der Waals surface area contributed by atoms with Crippen molar-refractivity contribution in [2.24, 2.45) is 11.7 Å². The van der Waals surface area contributed by atoms with E-state index < -0.39 is 10.0 Å². The molecule has 1 fully saturated rings. The van der Waals surface area contributed by atoms with E-state index in [0.717, 1.165) is 17.5 Å². The number of nitrogens with two attached hydrogens (primary N) is 1. The monoisotopic (exact) mass is 298 g/mol. The second-order valence-corrected chi connectivity index (χ2v) is 7.48. The Hall–Kier alpha value is -0.980. The van der Waals surface area contributed by atoms with E-state index in [0.29, 0.717) is 23.9 Å². The zero-order chi connectivity index (χ0) is 14.2. The van der Waals surface area contributed by atoms with Gasteiger partial charge in [0.2, 0.25) is 10.0 Å². The quantitative estimate of drug-likeness (QED) is 0.862. The zero-order valence-electron chi connectivity index (χ0n) is 11.1. The van der Waals surface area contributed by atoms with Gasteiger partial charge in [0.05, 0.1) is 4.90 Å². The molecule has 2 rings (SSSR count). The van der Waals surface area contributed by atoms with Gasteiger partial charge in [0.1, 0.15) is 4.99 Å². The second-order valence-electron chi connectivity index (χ2n) is 5.10. The van der Waals surface area contributed by atoms with E-state index in [1.54, 1.807) is 22.5 Å². The minimum atomic E-state index is -3.39. The van der Waals surface area contributed by atoms with Crippen molar-refractivity contribution in [1.82, 2.24) is 4.31 Å². The Kier molecular flexibility index (Phi) is 3.94. The Morgan fingerprint density at radius 2 is 2.16 bits per heavy atom. The van der Waals surface area contributed by atoms with Gasteiger partial charge in [-0.2, -0.15) is 4.31 Å². The smallest absolute Gasteiger partial charge is 0.243 e. The molecule has 104 valence electrons. The molecule has 1 aromatic rings. The normalized spacial score (nSPS) is 20.6. The molecule has 1 aliphatic rings. The van der Waals surface area contributed by atoms with Crippen LogP contribution in [0.25, 0.3) is 0 Å². The number of benzene rings is 1. The number of aryl methyl sites for hydroxylation is 1. The molecule has 0 bridgehead atoms. The molecule has 19 heavy (non-hydrogen) atoms. The van der Waals surface area contributed by atoms with Crippen molar-refractivity contribution < 1.29 is 8.42 Å². The summed E-state index contributed by atoms with van der Waals surface area (Å²) in [5.41, 5.74) is 7.10. The first-order valence-electron chi connectivity index (χ1n) is 6.23. The Labute approximate surface area is 119 Å². The minimum Gasteiger partial charge on any atom is -0.389 e. The van der Waals surface area contributed by atoms with Gasteiger partial charge in [-0.25, -0.2) is 8.42 Å². The fourth-order valence-electron chi connectivity index (χ4n) is 2.34. The largest absolute Gasteiger partial charge is 0.389 e. The maximum absolute atomic E-state index is 12.5. The van der Waals surface area contributed by atoms with Crippen molar-refractivity contribution in [2.75, 3.05) is 13.1 Å². The lowest BCUT2D eigenvalue weighted by Crippen LogP contribution is -2.28. The summed E-state index contributed by atoms with van der Waals surface area (Å²) >= 11 is 4.93. The van der Waals surface area contributed by atoms with Gasteiger partial charge in [-0.05, 0) is 37.0 Å². The van der Waals surface area contributed by atoms with Crippen LogP contribution in [0, 0.1) is 12.8 Å². The molecular formula is C13H18N2O2S2. The molecule has 0 spiro atoms. The van der Waals surface area contributed by atoms with Gasteiger partial charge in [0.25, 0.3) is 0 Å². The second kappa shape index (κ2) is 5.19. The van der Waals surface area contributed by atoms with Crippen LogP contribution in [0.5, 0.6) is 0 Å². The molecular weight excluding hydrogens is 280 g/mol. The molecule has 1 aliphatic heterocycles. The van der Waals surface area contributed by atoms with Crippen molar-refractivity contribution in [3.05, 3.63) is 29.3 Å². The van der Waals surface area contributed by atoms with Gasteiger partial charge in [-0.15, -0.1) is 0 Å². The molecule has 0 aromatic heterocycles. The molecule has 2 N–H and O–H groups in total. The minimum absolute atomic E-state index is 0.288. The average Bonchev–Trinajstić information content (AvgIpc) is 2.76. The SMILES string of the molecule is Cc1cc(S(=O)(=O)N2CCC(C)C2)ccc1C(N)=S. The number of rotatable bonds is 3. The summed E-state index contributed by atoms with van der Waals surface area (Å²) in [6, 6.07) is 4.91. The van der Waals surface area contributed by atoms with Crippen LogP contribution < -0.4 is 5.73 Å². The molecule has 1 atom stereocenters. The highest BCUT2D eigenvalue weighted by molar-refractivity contribution is 7.89. The standard InChI is InChI=1S/C13H18N2O2S2/c1-9-5-6-15(8-9)19(16,17)11-3-4-12(13(14)18)10(2)7-11/h3-4,7,9H,5-6,8H2,1-2H3,(H2,14,18). The highest BCUT2D eigenvalue weighted by Gasteiger charge is 2.30. The fourth-order valence-corrected chi connectivity index (χ4v) is 4.22. The van der Waals surface area contributed by atoms with Crippen LogP contribution >= 0.6 is 12.2 Å². The maximum Gasteiger partial charge on any atom is 0.243 e. The first-order valence-corrected chi connectivity index (χ1v) is 8.08. The summed E-state index contributed by atoms with van der Waals surface area (Å²) in [4.78, 5) is 0.607. The molecule has 1 aromatic carbocycles. The van der Waals surface area contributed by atoms with Gasteiger partial charge in [-0.3, -0.25) is 0 Å². The van der Waals surface area contributed by atoms with E-state index in [4.69, 9.17) is 18.0 Å². The van der Waals surface area contributed by atoms with E-state index in [1.807, 2.05) is 6.92 Å². The molecule has 1 unspecified atom stereocenters. The van der Waals surface area contributed by atoms with E-state index in [9.17, 15) is 8.42 Å². The lowest BCUT2D eigenvalue weighted by Gasteiger charge is -2.17. The highest BCUT2D eigenvalue weighted by atomic mass is 32.2. The molecule has 0 radical (unpaired) electrons.